The van der Waals surface area contributed by atoms with Crippen molar-refractivity contribution in [3.05, 3.63) is 0 Å². The fourth-order valence-electron chi connectivity index (χ4n) is 8.94. The Bertz CT molecular complexity index is 1440. The minimum absolute atomic E-state index is 0.159. The van der Waals surface area contributed by atoms with Gasteiger partial charge in [0.25, 0.3) is 0 Å². The van der Waals surface area contributed by atoms with Crippen molar-refractivity contribution in [1.82, 2.24) is 19.6 Å². The number of nitrogens with zero attached hydrogens (tertiary/aromatic N) is 4. The van der Waals surface area contributed by atoms with Gasteiger partial charge in [0.15, 0.2) is 0 Å². The summed E-state index contributed by atoms with van der Waals surface area (Å²) < 4.78 is 26.5. The van der Waals surface area contributed by atoms with Crippen LogP contribution in [-0.2, 0) is 47.7 Å². The first-order valence-electron chi connectivity index (χ1n) is 30.2. The van der Waals surface area contributed by atoms with E-state index in [-0.39, 0.29) is 48.5 Å². The van der Waals surface area contributed by atoms with Crippen molar-refractivity contribution in [3.8, 4) is 0 Å². The van der Waals surface area contributed by atoms with Gasteiger partial charge >= 0.3 is 29.8 Å². The summed E-state index contributed by atoms with van der Waals surface area (Å²) in [4.78, 5) is 69.5. The van der Waals surface area contributed by atoms with Crippen molar-refractivity contribution in [3.63, 3.8) is 0 Å². The Hall–Kier alpha value is -2.27. The molecule has 4 unspecified atom stereocenters. The largest absolute Gasteiger partial charge is 0.466 e. The van der Waals surface area contributed by atoms with Crippen molar-refractivity contribution in [1.29, 1.82) is 0 Å². The molecule has 78 heavy (non-hydrogen) atoms. The molecule has 1 heterocycles. The molecule has 20 heteroatoms. The summed E-state index contributed by atoms with van der Waals surface area (Å²) in [5.74, 6) is 0.948. The van der Waals surface area contributed by atoms with Crippen LogP contribution in [0.2, 0.25) is 0 Å². The van der Waals surface area contributed by atoms with Crippen molar-refractivity contribution in [2.45, 2.75) is 232 Å². The third-order valence-electron chi connectivity index (χ3n) is 13.3. The van der Waals surface area contributed by atoms with E-state index >= 15 is 0 Å². The number of rotatable bonds is 52. The molecular weight excluding hydrogens is 1040 g/mol. The van der Waals surface area contributed by atoms with E-state index in [0.29, 0.717) is 155 Å². The first-order chi connectivity index (χ1) is 37.5. The zero-order valence-electron chi connectivity index (χ0n) is 49.4. The maximum Gasteiger partial charge on any atom is 0.306 e. The second kappa shape index (κ2) is 49.3. The van der Waals surface area contributed by atoms with Crippen LogP contribution < -0.4 is 0 Å². The molecule has 4 atom stereocenters. The van der Waals surface area contributed by atoms with Gasteiger partial charge in [-0.1, -0.05) is 74.0 Å². The van der Waals surface area contributed by atoms with Crippen molar-refractivity contribution >= 4 is 51.4 Å². The number of aliphatic hydroxyl groups excluding tert-OH is 4. The van der Waals surface area contributed by atoms with Crippen LogP contribution in [0.15, 0.2) is 0 Å². The van der Waals surface area contributed by atoms with Crippen molar-refractivity contribution in [2.75, 3.05) is 110 Å². The summed E-state index contributed by atoms with van der Waals surface area (Å²) in [6.07, 6.45) is 12.6. The summed E-state index contributed by atoms with van der Waals surface area (Å²) in [6, 6.07) is 0. The van der Waals surface area contributed by atoms with E-state index in [4.69, 9.17) is 23.7 Å². The number of aliphatic hydroxyl groups is 4. The second-order valence-corrected chi connectivity index (χ2v) is 24.4. The van der Waals surface area contributed by atoms with E-state index < -0.39 is 24.4 Å². The number of carbonyl (C=O) groups excluding carboxylic acids is 5. The zero-order valence-corrected chi connectivity index (χ0v) is 51.1. The molecular formula is C58H110N4O14S2. The Labute approximate surface area is 479 Å². The predicted octanol–water partition coefficient (Wildman–Crippen LogP) is 7.97. The average Bonchev–Trinajstić information content (AvgIpc) is 3.37. The number of piperazine rings is 1. The normalized spacial score (nSPS) is 14.9. The lowest BCUT2D eigenvalue weighted by atomic mass is 10.1. The molecule has 0 aromatic heterocycles. The fourth-order valence-corrected chi connectivity index (χ4v) is 11.1. The topological polar surface area (TPSA) is 225 Å². The number of ether oxygens (including phenoxy) is 5. The summed E-state index contributed by atoms with van der Waals surface area (Å²) in [5, 5.41) is 43.6. The van der Waals surface area contributed by atoms with Crippen LogP contribution in [-0.4, -0.2) is 216 Å². The van der Waals surface area contributed by atoms with Gasteiger partial charge in [0.1, 0.15) is 6.61 Å². The van der Waals surface area contributed by atoms with Gasteiger partial charge in [-0.05, 0) is 124 Å². The molecule has 0 spiro atoms. The Morgan fingerprint density at radius 3 is 1.17 bits per heavy atom. The number of hydrogen-bond donors (Lipinski definition) is 4. The third-order valence-corrected chi connectivity index (χ3v) is 15.8. The standard InChI is InChI=1S/C58H110N4O14S2/c1-7-9-39-72-54(67)26-15-11-22-50(63)44-61(45-51(64)23-12-16-27-55(68)73-40-10-8-2)31-19-20-42-77-78-43-38-60-35-33-59(34-36-60)37-41-74-56(69)30-21-32-62(46-52(65)24-13-17-28-57(70)75-48(3)4)47-53(66)25-14-18-29-58(71)76-49(5)6/h48-53,63-66H,7-47H2,1-6H3. The first kappa shape index (κ1) is 73.7. The SMILES string of the molecule is CCCCOC(=O)CCCCC(O)CN(CCCCSSCCN1CCN(CCOC(=O)CCCN(CC(O)CCCCC(=O)OC(C)C)CC(O)CCCCC(=O)OC(C)C)CC1)CC(O)CCCCC(=O)OCCCC. The van der Waals surface area contributed by atoms with Crippen molar-refractivity contribution < 1.29 is 68.1 Å². The average molecular weight is 1150 g/mol. The van der Waals surface area contributed by atoms with Crippen LogP contribution in [0.4, 0.5) is 0 Å². The number of esters is 5. The van der Waals surface area contributed by atoms with E-state index in [0.717, 1.165) is 102 Å². The zero-order chi connectivity index (χ0) is 57.6. The van der Waals surface area contributed by atoms with Crippen LogP contribution in [0.1, 0.15) is 196 Å². The first-order valence-corrected chi connectivity index (χ1v) is 32.7. The highest BCUT2D eigenvalue weighted by molar-refractivity contribution is 8.76. The van der Waals surface area contributed by atoms with Gasteiger partial charge in [-0.3, -0.25) is 43.6 Å². The molecule has 0 aromatic carbocycles. The summed E-state index contributed by atoms with van der Waals surface area (Å²) >= 11 is 0. The molecule has 1 rings (SSSR count). The van der Waals surface area contributed by atoms with Gasteiger partial charge in [-0.2, -0.15) is 0 Å². The Kier molecular flexibility index (Phi) is 46.7. The van der Waals surface area contributed by atoms with Crippen molar-refractivity contribution in [2.24, 2.45) is 0 Å². The van der Waals surface area contributed by atoms with Gasteiger partial charge in [-0.15, -0.1) is 0 Å². The molecule has 0 saturated carbocycles. The fraction of sp³-hybridized carbons (Fsp3) is 0.914. The Balaban J connectivity index is 2.41. The monoisotopic (exact) mass is 1150 g/mol. The molecule has 18 nitrogen and oxygen atoms in total. The number of carbonyl (C=O) groups is 5. The molecule has 0 bridgehead atoms. The lowest BCUT2D eigenvalue weighted by Gasteiger charge is -2.34. The number of unbranched alkanes of at least 4 members (excludes halogenated alkanes) is 7. The van der Waals surface area contributed by atoms with Crippen LogP contribution in [0.25, 0.3) is 0 Å². The van der Waals surface area contributed by atoms with Gasteiger partial charge < -0.3 is 44.1 Å². The minimum atomic E-state index is -0.651. The lowest BCUT2D eigenvalue weighted by Crippen LogP contribution is -2.47. The molecule has 1 aliphatic heterocycles. The Morgan fingerprint density at radius 1 is 0.423 bits per heavy atom. The van der Waals surface area contributed by atoms with Crippen LogP contribution in [0.5, 0.6) is 0 Å². The van der Waals surface area contributed by atoms with Gasteiger partial charge in [0.2, 0.25) is 0 Å². The smallest absolute Gasteiger partial charge is 0.306 e. The summed E-state index contributed by atoms with van der Waals surface area (Å²) in [5.41, 5.74) is 0. The van der Waals surface area contributed by atoms with Gasteiger partial charge in [-0.25, -0.2) is 0 Å². The lowest BCUT2D eigenvalue weighted by molar-refractivity contribution is -0.148. The van der Waals surface area contributed by atoms with E-state index in [2.05, 4.69) is 28.5 Å². The second-order valence-electron chi connectivity index (χ2n) is 21.7. The minimum Gasteiger partial charge on any atom is -0.466 e. The molecule has 1 fully saturated rings. The highest BCUT2D eigenvalue weighted by Crippen LogP contribution is 2.23. The van der Waals surface area contributed by atoms with Crippen LogP contribution in [0.3, 0.4) is 0 Å². The highest BCUT2D eigenvalue weighted by atomic mass is 33.1. The molecule has 0 aromatic rings. The van der Waals surface area contributed by atoms with E-state index in [1.165, 1.54) is 0 Å². The third kappa shape index (κ3) is 45.4. The molecule has 1 aliphatic rings. The quantitative estimate of drug-likeness (QED) is 0.0196. The molecule has 4 N–H and O–H groups in total. The summed E-state index contributed by atoms with van der Waals surface area (Å²) in [6.45, 7) is 21.0. The molecule has 1 saturated heterocycles. The number of hydrogen-bond acceptors (Lipinski definition) is 20. The molecule has 0 radical (unpaired) electrons. The van der Waals surface area contributed by atoms with Crippen LogP contribution in [0, 0.1) is 0 Å². The Morgan fingerprint density at radius 2 is 0.769 bits per heavy atom. The van der Waals surface area contributed by atoms with E-state index in [1.807, 2.05) is 54.2 Å². The van der Waals surface area contributed by atoms with E-state index in [9.17, 15) is 44.4 Å². The van der Waals surface area contributed by atoms with Gasteiger partial charge in [0, 0.05) is 109 Å². The molecule has 458 valence electrons. The highest BCUT2D eigenvalue weighted by Gasteiger charge is 2.21. The van der Waals surface area contributed by atoms with E-state index in [1.54, 1.807) is 0 Å². The predicted molar refractivity (Wildman–Crippen MR) is 312 cm³/mol. The van der Waals surface area contributed by atoms with Crippen LogP contribution >= 0.6 is 21.6 Å². The molecule has 0 amide bonds. The molecule has 0 aliphatic carbocycles. The summed E-state index contributed by atoms with van der Waals surface area (Å²) in [7, 11) is 3.79. The van der Waals surface area contributed by atoms with Gasteiger partial charge in [0.05, 0.1) is 49.8 Å². The maximum absolute atomic E-state index is 12.8. The maximum atomic E-state index is 12.8.